The fraction of sp³-hybridized carbons (Fsp3) is 0.200. The Kier molecular flexibility index (Phi) is 2.85. The molecule has 0 bridgehead atoms. The number of benzene rings is 1. The van der Waals surface area contributed by atoms with Gasteiger partial charge < -0.3 is 10.6 Å². The largest absolute Gasteiger partial charge is 0.372 e. The second-order valence-electron chi connectivity index (χ2n) is 3.10. The van der Waals surface area contributed by atoms with Crippen LogP contribution < -0.4 is 10.6 Å². The SMILES string of the molecule is Clc1cccc(Cl)c1CC1=CNCN1. The van der Waals surface area contributed by atoms with Crippen molar-refractivity contribution in [3.05, 3.63) is 45.7 Å². The molecular formula is C10H10Cl2N2. The average molecular weight is 229 g/mol. The van der Waals surface area contributed by atoms with Gasteiger partial charge in [-0.2, -0.15) is 0 Å². The molecule has 0 unspecified atom stereocenters. The van der Waals surface area contributed by atoms with E-state index in [0.29, 0.717) is 10.0 Å². The Labute approximate surface area is 92.9 Å². The van der Waals surface area contributed by atoms with E-state index < -0.39 is 0 Å². The van der Waals surface area contributed by atoms with Crippen LogP contribution in [0.25, 0.3) is 0 Å². The van der Waals surface area contributed by atoms with Gasteiger partial charge in [0.25, 0.3) is 0 Å². The Morgan fingerprint density at radius 1 is 1.21 bits per heavy atom. The summed E-state index contributed by atoms with van der Waals surface area (Å²) < 4.78 is 0. The zero-order chi connectivity index (χ0) is 9.97. The first kappa shape index (κ1) is 9.69. The number of nitrogens with one attached hydrogen (secondary N) is 2. The number of hydrogen-bond acceptors (Lipinski definition) is 2. The van der Waals surface area contributed by atoms with Gasteiger partial charge >= 0.3 is 0 Å². The summed E-state index contributed by atoms with van der Waals surface area (Å²) in [6.45, 7) is 0.775. The summed E-state index contributed by atoms with van der Waals surface area (Å²) in [6, 6.07) is 5.56. The Morgan fingerprint density at radius 2 is 1.93 bits per heavy atom. The smallest absolute Gasteiger partial charge is 0.0843 e. The van der Waals surface area contributed by atoms with Crippen LogP contribution >= 0.6 is 23.2 Å². The molecule has 0 spiro atoms. The van der Waals surface area contributed by atoms with Crippen molar-refractivity contribution in [1.82, 2.24) is 10.6 Å². The lowest BCUT2D eigenvalue weighted by atomic mass is 10.1. The van der Waals surface area contributed by atoms with E-state index in [2.05, 4.69) is 10.6 Å². The fourth-order valence-corrected chi connectivity index (χ4v) is 1.93. The summed E-state index contributed by atoms with van der Waals surface area (Å²) in [5.74, 6) is 0. The zero-order valence-electron chi connectivity index (χ0n) is 7.48. The maximum absolute atomic E-state index is 6.05. The summed E-state index contributed by atoms with van der Waals surface area (Å²) in [5.41, 5.74) is 2.08. The lowest BCUT2D eigenvalue weighted by molar-refractivity contribution is 0.797. The molecule has 0 saturated heterocycles. The maximum Gasteiger partial charge on any atom is 0.0843 e. The quantitative estimate of drug-likeness (QED) is 0.814. The van der Waals surface area contributed by atoms with Crippen LogP contribution in [0, 0.1) is 0 Å². The van der Waals surface area contributed by atoms with Gasteiger partial charge in [-0.3, -0.25) is 0 Å². The van der Waals surface area contributed by atoms with E-state index in [1.807, 2.05) is 24.4 Å². The molecule has 1 aliphatic heterocycles. The molecule has 74 valence electrons. The minimum absolute atomic E-state index is 0.715. The number of hydrogen-bond donors (Lipinski definition) is 2. The van der Waals surface area contributed by atoms with Crippen LogP contribution in [0.4, 0.5) is 0 Å². The van der Waals surface area contributed by atoms with Crippen molar-refractivity contribution < 1.29 is 0 Å². The summed E-state index contributed by atoms with van der Waals surface area (Å²) >= 11 is 12.1. The summed E-state index contributed by atoms with van der Waals surface area (Å²) in [6.07, 6.45) is 2.69. The van der Waals surface area contributed by atoms with Crippen molar-refractivity contribution in [2.45, 2.75) is 6.42 Å². The van der Waals surface area contributed by atoms with Crippen LogP contribution in [0.3, 0.4) is 0 Å². The molecule has 4 heteroatoms. The third-order valence-electron chi connectivity index (χ3n) is 2.12. The van der Waals surface area contributed by atoms with E-state index in [4.69, 9.17) is 23.2 Å². The zero-order valence-corrected chi connectivity index (χ0v) is 8.99. The molecule has 0 saturated carbocycles. The molecule has 14 heavy (non-hydrogen) atoms. The molecule has 0 fully saturated rings. The number of halogens is 2. The Bertz CT molecular complexity index is 354. The minimum atomic E-state index is 0.715. The topological polar surface area (TPSA) is 24.1 Å². The third-order valence-corrected chi connectivity index (χ3v) is 2.83. The highest BCUT2D eigenvalue weighted by atomic mass is 35.5. The van der Waals surface area contributed by atoms with E-state index in [1.54, 1.807) is 0 Å². The first-order valence-electron chi connectivity index (χ1n) is 4.36. The second-order valence-corrected chi connectivity index (χ2v) is 3.92. The molecule has 0 amide bonds. The van der Waals surface area contributed by atoms with Crippen LogP contribution in [0.1, 0.15) is 5.56 Å². The third kappa shape index (κ3) is 1.97. The van der Waals surface area contributed by atoms with E-state index in [1.165, 1.54) is 0 Å². The van der Waals surface area contributed by atoms with Gasteiger partial charge in [0.05, 0.1) is 6.67 Å². The Hall–Kier alpha value is -0.860. The lowest BCUT2D eigenvalue weighted by Gasteiger charge is -2.07. The molecule has 2 rings (SSSR count). The predicted octanol–water partition coefficient (Wildman–Crippen LogP) is 2.53. The molecule has 0 radical (unpaired) electrons. The van der Waals surface area contributed by atoms with Gasteiger partial charge in [-0.25, -0.2) is 0 Å². The van der Waals surface area contributed by atoms with Gasteiger partial charge in [-0.05, 0) is 17.7 Å². The summed E-state index contributed by atoms with van der Waals surface area (Å²) in [4.78, 5) is 0. The number of rotatable bonds is 2. The average Bonchev–Trinajstić information content (AvgIpc) is 2.64. The molecule has 1 aromatic carbocycles. The van der Waals surface area contributed by atoms with Crippen molar-refractivity contribution in [2.75, 3.05) is 6.67 Å². The number of allylic oxidation sites excluding steroid dienone is 1. The van der Waals surface area contributed by atoms with E-state index in [9.17, 15) is 0 Å². The van der Waals surface area contributed by atoms with Crippen molar-refractivity contribution in [3.8, 4) is 0 Å². The second kappa shape index (κ2) is 4.11. The van der Waals surface area contributed by atoms with Crippen molar-refractivity contribution in [3.63, 3.8) is 0 Å². The Morgan fingerprint density at radius 3 is 2.50 bits per heavy atom. The van der Waals surface area contributed by atoms with Crippen LogP contribution in [0.2, 0.25) is 10.0 Å². The highest BCUT2D eigenvalue weighted by Gasteiger charge is 2.09. The molecule has 1 heterocycles. The normalized spacial score (nSPS) is 14.6. The van der Waals surface area contributed by atoms with E-state index in [0.717, 1.165) is 24.4 Å². The predicted molar refractivity (Wildman–Crippen MR) is 59.4 cm³/mol. The minimum Gasteiger partial charge on any atom is -0.372 e. The standard InChI is InChI=1S/C10H10Cl2N2/c11-9-2-1-3-10(12)8(9)4-7-5-13-6-14-7/h1-3,5,13-14H,4,6H2. The van der Waals surface area contributed by atoms with Crippen LogP contribution in [0.5, 0.6) is 0 Å². The van der Waals surface area contributed by atoms with Crippen LogP contribution in [-0.2, 0) is 6.42 Å². The van der Waals surface area contributed by atoms with Crippen molar-refractivity contribution >= 4 is 23.2 Å². The van der Waals surface area contributed by atoms with Gasteiger partial charge in [0.2, 0.25) is 0 Å². The van der Waals surface area contributed by atoms with Crippen LogP contribution in [0.15, 0.2) is 30.1 Å². The molecule has 2 nitrogen and oxygen atoms in total. The van der Waals surface area contributed by atoms with Gasteiger partial charge in [0.15, 0.2) is 0 Å². The van der Waals surface area contributed by atoms with Gasteiger partial charge in [-0.1, -0.05) is 29.3 Å². The highest BCUT2D eigenvalue weighted by molar-refractivity contribution is 6.36. The molecular weight excluding hydrogens is 219 g/mol. The van der Waals surface area contributed by atoms with Gasteiger partial charge in [0.1, 0.15) is 0 Å². The Balaban J connectivity index is 2.23. The summed E-state index contributed by atoms with van der Waals surface area (Å²) in [7, 11) is 0. The van der Waals surface area contributed by atoms with Gasteiger partial charge in [-0.15, -0.1) is 0 Å². The van der Waals surface area contributed by atoms with Crippen molar-refractivity contribution in [1.29, 1.82) is 0 Å². The van der Waals surface area contributed by atoms with Gasteiger partial charge in [0, 0.05) is 28.4 Å². The molecule has 1 aliphatic rings. The van der Waals surface area contributed by atoms with Crippen molar-refractivity contribution in [2.24, 2.45) is 0 Å². The first-order chi connectivity index (χ1) is 6.77. The van der Waals surface area contributed by atoms with E-state index in [-0.39, 0.29) is 0 Å². The molecule has 0 aromatic heterocycles. The van der Waals surface area contributed by atoms with E-state index >= 15 is 0 Å². The fourth-order valence-electron chi connectivity index (χ4n) is 1.40. The molecule has 0 aliphatic carbocycles. The highest BCUT2D eigenvalue weighted by Crippen LogP contribution is 2.26. The lowest BCUT2D eigenvalue weighted by Crippen LogP contribution is -2.15. The molecule has 0 atom stereocenters. The maximum atomic E-state index is 6.05. The first-order valence-corrected chi connectivity index (χ1v) is 5.12. The molecule has 2 N–H and O–H groups in total. The molecule has 1 aromatic rings. The summed E-state index contributed by atoms with van der Waals surface area (Å²) in [5, 5.41) is 7.69. The van der Waals surface area contributed by atoms with Crippen LogP contribution in [-0.4, -0.2) is 6.67 Å². The monoisotopic (exact) mass is 228 g/mol.